The fraction of sp³-hybridized carbons (Fsp3) is 0.0380. The van der Waals surface area contributed by atoms with Gasteiger partial charge in [-0.05, 0) is 137 Å². The fourth-order valence-electron chi connectivity index (χ4n) is 12.9. The summed E-state index contributed by atoms with van der Waals surface area (Å²) in [5.74, 6) is 6.93. The largest absolute Gasteiger partial charge is 0.312 e. The molecule has 82 heavy (non-hydrogen) atoms. The Morgan fingerprint density at radius 2 is 0.963 bits per heavy atom. The standard InChI is InChI=1S/C79H56N2S/c1-2-9-32-58(31-8-1)72-54-67(82(64-39-18-7-19-40-64,65-41-24-35-60(51-65)56-27-10-3-11-28-56)66-42-25-36-61(52-66)57-29-12-4-13-30-57)55-73(59-33-14-5-15-34-59)79(72)81-76-48-23-21-44-70(76)74-53-62(49-50-77(74)81)68-45-26-46-71-69-43-20-22-47-75(69)80(78(68)71)63-37-16-6-17-38-63/h1,3-8,10-22,24-31,33-47,49-55H,23,32,48H2. The summed E-state index contributed by atoms with van der Waals surface area (Å²) in [6.07, 6.45) is 13.7. The molecule has 0 N–H and O–H groups in total. The molecule has 0 radical (unpaired) electrons. The zero-order chi connectivity index (χ0) is 54.4. The van der Waals surface area contributed by atoms with Crippen molar-refractivity contribution >= 4 is 54.4 Å². The SMILES string of the molecule is C1#CCC(c2cc(S(c3ccccc3)(c3cccc(-c4ccccc4)c3)c3cccc(-c4ccccc4)c3)cc(-c3ccccc3)c2-n2c3c(c4cc(-c5cccc6c7ccccc7n(-c7ccccc7)c56)ccc42)C=CCC3)=CC=C1. The molecule has 2 aliphatic carbocycles. The van der Waals surface area contributed by atoms with Gasteiger partial charge >= 0.3 is 0 Å². The van der Waals surface area contributed by atoms with Gasteiger partial charge in [0.1, 0.15) is 0 Å². The maximum Gasteiger partial charge on any atom is 0.0619 e. The van der Waals surface area contributed by atoms with Gasteiger partial charge in [-0.15, -0.1) is 10.0 Å². The number of rotatable bonds is 11. The van der Waals surface area contributed by atoms with Crippen LogP contribution in [0.3, 0.4) is 0 Å². The van der Waals surface area contributed by atoms with Gasteiger partial charge in [0, 0.05) is 75.8 Å². The van der Waals surface area contributed by atoms with E-state index >= 15 is 0 Å². The van der Waals surface area contributed by atoms with Gasteiger partial charge < -0.3 is 9.13 Å². The van der Waals surface area contributed by atoms with Crippen molar-refractivity contribution in [2.24, 2.45) is 0 Å². The maximum absolute atomic E-state index is 3.58. The average Bonchev–Trinajstić information content (AvgIpc) is 2.23. The molecule has 15 rings (SSSR count). The molecule has 388 valence electrons. The summed E-state index contributed by atoms with van der Waals surface area (Å²) < 4.78 is 5.10. The van der Waals surface area contributed by atoms with Crippen molar-refractivity contribution < 1.29 is 0 Å². The number of fused-ring (bicyclic) bond motifs is 6. The molecule has 0 saturated carbocycles. The first-order chi connectivity index (χ1) is 40.7. The van der Waals surface area contributed by atoms with Gasteiger partial charge in [-0.2, -0.15) is 0 Å². The third-order valence-electron chi connectivity index (χ3n) is 16.6. The predicted octanol–water partition coefficient (Wildman–Crippen LogP) is 21.0. The Morgan fingerprint density at radius 3 is 1.67 bits per heavy atom. The molecular weight excluding hydrogens is 1010 g/mol. The Morgan fingerprint density at radius 1 is 0.390 bits per heavy atom. The van der Waals surface area contributed by atoms with E-state index in [0.717, 1.165) is 24.1 Å². The number of allylic oxidation sites excluding steroid dienone is 5. The lowest BCUT2D eigenvalue weighted by Crippen LogP contribution is -2.11. The monoisotopic (exact) mass is 1060 g/mol. The number of para-hydroxylation sites is 3. The lowest BCUT2D eigenvalue weighted by atomic mass is 9.93. The highest BCUT2D eigenvalue weighted by Gasteiger charge is 2.37. The Balaban J connectivity index is 1.05. The molecule has 0 spiro atoms. The van der Waals surface area contributed by atoms with E-state index in [9.17, 15) is 0 Å². The zero-order valence-corrected chi connectivity index (χ0v) is 46.1. The summed E-state index contributed by atoms with van der Waals surface area (Å²) in [4.78, 5) is 5.05. The van der Waals surface area contributed by atoms with Gasteiger partial charge in [0.2, 0.25) is 0 Å². The molecule has 0 fully saturated rings. The van der Waals surface area contributed by atoms with E-state index in [2.05, 4.69) is 318 Å². The van der Waals surface area contributed by atoms with Crippen LogP contribution in [-0.2, 0) is 6.42 Å². The Hall–Kier alpha value is -10.1. The van der Waals surface area contributed by atoms with Crippen LogP contribution in [-0.4, -0.2) is 9.13 Å². The van der Waals surface area contributed by atoms with Crippen LogP contribution in [0.5, 0.6) is 0 Å². The molecule has 13 aromatic rings. The van der Waals surface area contributed by atoms with E-state index in [1.54, 1.807) is 0 Å². The lowest BCUT2D eigenvalue weighted by molar-refractivity contribution is 0.887. The van der Waals surface area contributed by atoms with Gasteiger partial charge in [0.05, 0.1) is 22.2 Å². The molecule has 3 heteroatoms. The fourth-order valence-corrected chi connectivity index (χ4v) is 16.9. The second kappa shape index (κ2) is 20.8. The van der Waals surface area contributed by atoms with Crippen LogP contribution in [0, 0.1) is 11.8 Å². The number of aromatic nitrogens is 2. The van der Waals surface area contributed by atoms with E-state index in [4.69, 9.17) is 0 Å². The summed E-state index contributed by atoms with van der Waals surface area (Å²) in [6, 6.07) is 102. The summed E-state index contributed by atoms with van der Waals surface area (Å²) >= 11 is 0. The molecular formula is C79H56N2S. The van der Waals surface area contributed by atoms with Crippen LogP contribution in [0.25, 0.3) is 100 Å². The topological polar surface area (TPSA) is 9.86 Å². The number of nitrogens with zero attached hydrogens (tertiary/aromatic N) is 2. The Labute approximate surface area is 481 Å². The summed E-state index contributed by atoms with van der Waals surface area (Å²) in [5.41, 5.74) is 20.4. The summed E-state index contributed by atoms with van der Waals surface area (Å²) in [7, 11) is -2.31. The summed E-state index contributed by atoms with van der Waals surface area (Å²) in [5, 5.41) is 3.74. The van der Waals surface area contributed by atoms with Crippen molar-refractivity contribution in [3.8, 4) is 67.7 Å². The van der Waals surface area contributed by atoms with Crippen LogP contribution in [0.2, 0.25) is 0 Å². The Kier molecular flexibility index (Phi) is 12.4. The molecule has 0 atom stereocenters. The van der Waals surface area contributed by atoms with Crippen LogP contribution < -0.4 is 0 Å². The molecule has 2 aliphatic rings. The molecule has 0 unspecified atom stereocenters. The first-order valence-corrected chi connectivity index (χ1v) is 30.0. The van der Waals surface area contributed by atoms with Crippen LogP contribution in [0.4, 0.5) is 0 Å². The van der Waals surface area contributed by atoms with Crippen molar-refractivity contribution in [1.29, 1.82) is 0 Å². The molecule has 0 bridgehead atoms. The van der Waals surface area contributed by atoms with Crippen molar-refractivity contribution in [2.45, 2.75) is 38.8 Å². The minimum absolute atomic E-state index is 0.600. The Bertz CT molecular complexity index is 4660. The van der Waals surface area contributed by atoms with Gasteiger partial charge in [-0.25, -0.2) is 0 Å². The van der Waals surface area contributed by atoms with Gasteiger partial charge in [0.25, 0.3) is 0 Å². The third kappa shape index (κ3) is 8.30. The number of benzene rings is 11. The quantitative estimate of drug-likeness (QED) is 0.114. The van der Waals surface area contributed by atoms with Crippen molar-refractivity contribution in [3.05, 3.63) is 314 Å². The first-order valence-electron chi connectivity index (χ1n) is 28.4. The van der Waals surface area contributed by atoms with E-state index in [0.29, 0.717) is 6.42 Å². The van der Waals surface area contributed by atoms with Gasteiger partial charge in [-0.3, -0.25) is 0 Å². The van der Waals surface area contributed by atoms with Crippen LogP contribution in [0.15, 0.2) is 317 Å². The second-order valence-corrected chi connectivity index (χ2v) is 24.4. The van der Waals surface area contributed by atoms with Crippen molar-refractivity contribution in [2.75, 3.05) is 0 Å². The molecule has 2 heterocycles. The van der Waals surface area contributed by atoms with E-state index in [-0.39, 0.29) is 0 Å². The first kappa shape index (κ1) is 49.0. The smallest absolute Gasteiger partial charge is 0.0619 e. The van der Waals surface area contributed by atoms with E-state index in [1.807, 2.05) is 6.08 Å². The second-order valence-electron chi connectivity index (χ2n) is 21.3. The maximum atomic E-state index is 3.58. The number of hydrogen-bond donors (Lipinski definition) is 0. The summed E-state index contributed by atoms with van der Waals surface area (Å²) in [6.45, 7) is 0. The van der Waals surface area contributed by atoms with Crippen molar-refractivity contribution in [3.63, 3.8) is 0 Å². The molecule has 0 saturated heterocycles. The normalized spacial score (nSPS) is 13.1. The van der Waals surface area contributed by atoms with Gasteiger partial charge in [-0.1, -0.05) is 230 Å². The molecule has 2 nitrogen and oxygen atoms in total. The van der Waals surface area contributed by atoms with Crippen LogP contribution in [0.1, 0.15) is 29.7 Å². The molecule has 11 aromatic carbocycles. The van der Waals surface area contributed by atoms with E-state index in [1.165, 1.54) is 119 Å². The van der Waals surface area contributed by atoms with Crippen molar-refractivity contribution in [1.82, 2.24) is 9.13 Å². The van der Waals surface area contributed by atoms with E-state index < -0.39 is 10.0 Å². The predicted molar refractivity (Wildman–Crippen MR) is 346 cm³/mol. The van der Waals surface area contributed by atoms with Crippen LogP contribution >= 0.6 is 10.0 Å². The molecule has 0 amide bonds. The highest BCUT2D eigenvalue weighted by atomic mass is 32.3. The minimum Gasteiger partial charge on any atom is -0.312 e. The molecule has 2 aromatic heterocycles. The van der Waals surface area contributed by atoms with Gasteiger partial charge in [0.15, 0.2) is 0 Å². The molecule has 0 aliphatic heterocycles. The highest BCUT2D eigenvalue weighted by Crippen LogP contribution is 2.74. The zero-order valence-electron chi connectivity index (χ0n) is 45.3. The lowest BCUT2D eigenvalue weighted by Gasteiger charge is -2.43. The third-order valence-corrected chi connectivity index (χ3v) is 20.4. The highest BCUT2D eigenvalue weighted by molar-refractivity contribution is 8.34. The minimum atomic E-state index is -2.31. The number of hydrogen-bond acceptors (Lipinski definition) is 0. The average molecular weight is 1070 g/mol.